The summed E-state index contributed by atoms with van der Waals surface area (Å²) in [6.07, 6.45) is 2.38. The molecule has 15 heavy (non-hydrogen) atoms. The summed E-state index contributed by atoms with van der Waals surface area (Å²) in [4.78, 5) is 21.9. The van der Waals surface area contributed by atoms with Crippen LogP contribution >= 0.6 is 12.6 Å². The third-order valence-corrected chi connectivity index (χ3v) is 2.02. The highest BCUT2D eigenvalue weighted by Gasteiger charge is 2.04. The molecular weight excluding hydrogens is 214 g/mol. The van der Waals surface area contributed by atoms with Crippen LogP contribution in [0.4, 0.5) is 0 Å². The Bertz CT molecular complexity index is 207. The normalized spacial score (nSPS) is 11.9. The number of hydrogen-bond donors (Lipinski definition) is 2. The number of carbonyl (C=O) groups excluding carboxylic acids is 2. The smallest absolute Gasteiger partial charge is 0.305 e. The lowest BCUT2D eigenvalue weighted by Crippen LogP contribution is -2.26. The number of hydrogen-bond acceptors (Lipinski definition) is 4. The fraction of sp³-hybridized carbons (Fsp3) is 0.800. The SMILES string of the molecule is COC(=O)CCCCNC(=O)CC(C)S. The number of esters is 1. The van der Waals surface area contributed by atoms with E-state index in [4.69, 9.17) is 0 Å². The average Bonchev–Trinajstić information content (AvgIpc) is 2.15. The standard InChI is InChI=1S/C10H19NO3S/c1-8(15)7-9(12)11-6-4-3-5-10(13)14-2/h8,15H,3-7H2,1-2H3,(H,11,12). The van der Waals surface area contributed by atoms with Crippen molar-refractivity contribution in [2.24, 2.45) is 0 Å². The predicted molar refractivity (Wildman–Crippen MR) is 61.9 cm³/mol. The maximum atomic E-state index is 11.2. The van der Waals surface area contributed by atoms with E-state index in [9.17, 15) is 9.59 Å². The maximum absolute atomic E-state index is 11.2. The Morgan fingerprint density at radius 2 is 2.07 bits per heavy atom. The molecule has 0 radical (unpaired) electrons. The van der Waals surface area contributed by atoms with E-state index in [-0.39, 0.29) is 17.1 Å². The van der Waals surface area contributed by atoms with E-state index in [1.54, 1.807) is 0 Å². The molecule has 0 aliphatic heterocycles. The number of methoxy groups -OCH3 is 1. The van der Waals surface area contributed by atoms with E-state index < -0.39 is 0 Å². The van der Waals surface area contributed by atoms with E-state index in [2.05, 4.69) is 22.7 Å². The lowest BCUT2D eigenvalue weighted by Gasteiger charge is -2.06. The van der Waals surface area contributed by atoms with Crippen LogP contribution in [0.5, 0.6) is 0 Å². The predicted octanol–water partition coefficient (Wildman–Crippen LogP) is 1.15. The first-order valence-corrected chi connectivity index (χ1v) is 5.59. The molecule has 5 heteroatoms. The topological polar surface area (TPSA) is 55.4 Å². The van der Waals surface area contributed by atoms with Crippen molar-refractivity contribution in [1.82, 2.24) is 5.32 Å². The monoisotopic (exact) mass is 233 g/mol. The van der Waals surface area contributed by atoms with E-state index in [1.807, 2.05) is 6.92 Å². The van der Waals surface area contributed by atoms with Gasteiger partial charge in [0.1, 0.15) is 0 Å². The van der Waals surface area contributed by atoms with Gasteiger partial charge in [0.2, 0.25) is 5.91 Å². The van der Waals surface area contributed by atoms with Gasteiger partial charge in [0, 0.05) is 24.6 Å². The molecule has 0 rings (SSSR count). The highest BCUT2D eigenvalue weighted by atomic mass is 32.1. The van der Waals surface area contributed by atoms with Gasteiger partial charge in [-0.15, -0.1) is 0 Å². The number of nitrogens with one attached hydrogen (secondary N) is 1. The van der Waals surface area contributed by atoms with Gasteiger partial charge >= 0.3 is 5.97 Å². The van der Waals surface area contributed by atoms with Gasteiger partial charge in [-0.05, 0) is 12.8 Å². The van der Waals surface area contributed by atoms with Gasteiger partial charge in [0.15, 0.2) is 0 Å². The number of amides is 1. The second-order valence-corrected chi connectivity index (χ2v) is 4.32. The average molecular weight is 233 g/mol. The third kappa shape index (κ3) is 9.59. The molecule has 1 N–H and O–H groups in total. The fourth-order valence-corrected chi connectivity index (χ4v) is 1.23. The molecule has 0 saturated heterocycles. The summed E-state index contributed by atoms with van der Waals surface area (Å²) < 4.78 is 4.49. The van der Waals surface area contributed by atoms with Gasteiger partial charge in [0.05, 0.1) is 7.11 Å². The highest BCUT2D eigenvalue weighted by molar-refractivity contribution is 7.80. The Kier molecular flexibility index (Phi) is 8.18. The largest absolute Gasteiger partial charge is 0.469 e. The van der Waals surface area contributed by atoms with Crippen LogP contribution in [0.2, 0.25) is 0 Å². The van der Waals surface area contributed by atoms with Crippen molar-refractivity contribution < 1.29 is 14.3 Å². The van der Waals surface area contributed by atoms with Crippen molar-refractivity contribution in [3.63, 3.8) is 0 Å². The molecule has 0 aromatic rings. The van der Waals surface area contributed by atoms with Gasteiger partial charge in [-0.3, -0.25) is 9.59 Å². The molecule has 0 bridgehead atoms. The van der Waals surface area contributed by atoms with Gasteiger partial charge < -0.3 is 10.1 Å². The first kappa shape index (κ1) is 14.3. The number of ether oxygens (including phenoxy) is 1. The van der Waals surface area contributed by atoms with Crippen LogP contribution in [0.25, 0.3) is 0 Å². The summed E-state index contributed by atoms with van der Waals surface area (Å²) in [6, 6.07) is 0. The number of rotatable bonds is 7. The Labute approximate surface area is 96.2 Å². The minimum absolute atomic E-state index is 0.00979. The van der Waals surface area contributed by atoms with E-state index in [0.717, 1.165) is 12.8 Å². The van der Waals surface area contributed by atoms with E-state index in [0.29, 0.717) is 19.4 Å². The molecule has 0 saturated carbocycles. The van der Waals surface area contributed by atoms with E-state index >= 15 is 0 Å². The molecule has 0 aliphatic rings. The summed E-state index contributed by atoms with van der Waals surface area (Å²) in [5, 5.41) is 2.85. The first-order chi connectivity index (χ1) is 7.06. The minimum atomic E-state index is -0.203. The lowest BCUT2D eigenvalue weighted by molar-refractivity contribution is -0.140. The van der Waals surface area contributed by atoms with Crippen molar-refractivity contribution in [2.75, 3.05) is 13.7 Å². The van der Waals surface area contributed by atoms with Crippen LogP contribution in [0.1, 0.15) is 32.6 Å². The molecule has 0 aromatic carbocycles. The van der Waals surface area contributed by atoms with Crippen molar-refractivity contribution >= 4 is 24.5 Å². The quantitative estimate of drug-likeness (QED) is 0.394. The number of carbonyl (C=O) groups is 2. The van der Waals surface area contributed by atoms with Crippen LogP contribution in [0.15, 0.2) is 0 Å². The Balaban J connectivity index is 3.31. The molecule has 0 fully saturated rings. The van der Waals surface area contributed by atoms with Gasteiger partial charge in [0.25, 0.3) is 0 Å². The minimum Gasteiger partial charge on any atom is -0.469 e. The Morgan fingerprint density at radius 1 is 1.40 bits per heavy atom. The molecule has 1 atom stereocenters. The molecular formula is C10H19NO3S. The highest BCUT2D eigenvalue weighted by Crippen LogP contribution is 1.99. The fourth-order valence-electron chi connectivity index (χ4n) is 1.06. The lowest BCUT2D eigenvalue weighted by atomic mass is 10.2. The Morgan fingerprint density at radius 3 is 2.60 bits per heavy atom. The van der Waals surface area contributed by atoms with Crippen LogP contribution in [-0.2, 0) is 14.3 Å². The zero-order chi connectivity index (χ0) is 11.7. The Hall–Kier alpha value is -0.710. The molecule has 0 heterocycles. The maximum Gasteiger partial charge on any atom is 0.305 e. The molecule has 0 spiro atoms. The molecule has 1 unspecified atom stereocenters. The third-order valence-electron chi connectivity index (χ3n) is 1.84. The second kappa shape index (κ2) is 8.59. The summed E-state index contributed by atoms with van der Waals surface area (Å²) >= 11 is 4.12. The zero-order valence-corrected chi connectivity index (χ0v) is 10.2. The number of thiol groups is 1. The van der Waals surface area contributed by atoms with Crippen LogP contribution < -0.4 is 5.32 Å². The van der Waals surface area contributed by atoms with Crippen molar-refractivity contribution in [3.05, 3.63) is 0 Å². The summed E-state index contributed by atoms with van der Waals surface area (Å²) in [7, 11) is 1.37. The first-order valence-electron chi connectivity index (χ1n) is 5.08. The molecule has 0 aliphatic carbocycles. The van der Waals surface area contributed by atoms with Crippen molar-refractivity contribution in [2.45, 2.75) is 37.9 Å². The molecule has 1 amide bonds. The molecule has 4 nitrogen and oxygen atoms in total. The van der Waals surface area contributed by atoms with Crippen LogP contribution in [0.3, 0.4) is 0 Å². The van der Waals surface area contributed by atoms with Gasteiger partial charge in [-0.2, -0.15) is 12.6 Å². The molecule has 88 valence electrons. The van der Waals surface area contributed by atoms with Crippen LogP contribution in [-0.4, -0.2) is 30.8 Å². The van der Waals surface area contributed by atoms with Crippen molar-refractivity contribution in [1.29, 1.82) is 0 Å². The van der Waals surface area contributed by atoms with Gasteiger partial charge in [-0.25, -0.2) is 0 Å². The molecule has 0 aromatic heterocycles. The summed E-state index contributed by atoms with van der Waals surface area (Å²) in [6.45, 7) is 2.48. The van der Waals surface area contributed by atoms with Crippen molar-refractivity contribution in [3.8, 4) is 0 Å². The van der Waals surface area contributed by atoms with Crippen LogP contribution in [0, 0.1) is 0 Å². The second-order valence-electron chi connectivity index (χ2n) is 3.44. The van der Waals surface area contributed by atoms with Gasteiger partial charge in [-0.1, -0.05) is 6.92 Å². The van der Waals surface area contributed by atoms with E-state index in [1.165, 1.54) is 7.11 Å². The number of unbranched alkanes of at least 4 members (excludes halogenated alkanes) is 1. The summed E-state index contributed by atoms with van der Waals surface area (Å²) in [5.41, 5.74) is 0. The zero-order valence-electron chi connectivity index (χ0n) is 9.28. The summed E-state index contributed by atoms with van der Waals surface area (Å²) in [5.74, 6) is -0.194.